The van der Waals surface area contributed by atoms with Crippen LogP contribution in [0.1, 0.15) is 20.8 Å². The Bertz CT molecular complexity index is 324. The van der Waals surface area contributed by atoms with Gasteiger partial charge in [-0.25, -0.2) is 14.4 Å². The normalized spacial score (nSPS) is 14.7. The predicted octanol–water partition coefficient (Wildman–Crippen LogP) is 0.571. The molecule has 0 fully saturated rings. The van der Waals surface area contributed by atoms with Gasteiger partial charge < -0.3 is 25.4 Å². The third-order valence-electron chi connectivity index (χ3n) is 2.33. The van der Waals surface area contributed by atoms with Crippen LogP contribution in [-0.2, 0) is 9.53 Å². The molecule has 0 saturated heterocycles. The van der Waals surface area contributed by atoms with E-state index in [0.717, 1.165) is 20.8 Å². The first-order valence-corrected chi connectivity index (χ1v) is 4.19. The van der Waals surface area contributed by atoms with Crippen molar-refractivity contribution in [3.05, 3.63) is 0 Å². The Labute approximate surface area is 90.8 Å². The van der Waals surface area contributed by atoms with E-state index in [1.54, 1.807) is 5.32 Å². The van der Waals surface area contributed by atoms with Crippen molar-refractivity contribution in [3.63, 3.8) is 0 Å². The fourth-order valence-electron chi connectivity index (χ4n) is 0.996. The van der Waals surface area contributed by atoms with E-state index in [2.05, 4.69) is 4.74 Å². The number of carbonyl (C=O) groups is 3. The second-order valence-corrected chi connectivity index (χ2v) is 3.74. The molecular formula is C8H13NO7. The zero-order valence-corrected chi connectivity index (χ0v) is 8.97. The molecule has 1 unspecified atom stereocenters. The summed E-state index contributed by atoms with van der Waals surface area (Å²) in [6, 6.07) is 0. The van der Waals surface area contributed by atoms with E-state index < -0.39 is 29.4 Å². The van der Waals surface area contributed by atoms with Crippen LogP contribution in [0.5, 0.6) is 0 Å². The lowest BCUT2D eigenvalue weighted by atomic mass is 9.84. The molecule has 4 N–H and O–H groups in total. The van der Waals surface area contributed by atoms with Crippen LogP contribution in [0.25, 0.3) is 0 Å². The van der Waals surface area contributed by atoms with Gasteiger partial charge in [-0.15, -0.1) is 0 Å². The summed E-state index contributed by atoms with van der Waals surface area (Å²) in [6.07, 6.45) is -3.28. The smallest absolute Gasteiger partial charge is 0.479 e. The molecule has 0 rings (SSSR count). The molecule has 92 valence electrons. The number of hydrogen-bond donors (Lipinski definition) is 4. The fraction of sp³-hybridized carbons (Fsp3) is 0.625. The maximum absolute atomic E-state index is 11.0. The Hall–Kier alpha value is -1.99. The van der Waals surface area contributed by atoms with E-state index in [9.17, 15) is 14.4 Å². The molecule has 0 aliphatic carbocycles. The average molecular weight is 235 g/mol. The van der Waals surface area contributed by atoms with Gasteiger partial charge in [-0.2, -0.15) is 0 Å². The van der Waals surface area contributed by atoms with Crippen LogP contribution in [0.3, 0.4) is 0 Å². The highest BCUT2D eigenvalue weighted by atomic mass is 16.7. The molecule has 0 aromatic rings. The van der Waals surface area contributed by atoms with Gasteiger partial charge in [0.05, 0.1) is 0 Å². The number of rotatable bonds is 4. The van der Waals surface area contributed by atoms with Gasteiger partial charge in [0.2, 0.25) is 0 Å². The van der Waals surface area contributed by atoms with Crippen molar-refractivity contribution < 1.29 is 34.4 Å². The second kappa shape index (κ2) is 4.25. The summed E-state index contributed by atoms with van der Waals surface area (Å²) < 4.78 is 4.38. The van der Waals surface area contributed by atoms with Gasteiger partial charge >= 0.3 is 18.2 Å². The molecule has 8 nitrogen and oxygen atoms in total. The minimum atomic E-state index is -2.09. The Kier molecular flexibility index (Phi) is 3.72. The zero-order chi connectivity index (χ0) is 13.1. The van der Waals surface area contributed by atoms with E-state index in [1.807, 2.05) is 0 Å². The molecule has 0 heterocycles. The van der Waals surface area contributed by atoms with Crippen molar-refractivity contribution in [2.75, 3.05) is 0 Å². The van der Waals surface area contributed by atoms with Crippen LogP contribution in [0.2, 0.25) is 0 Å². The van der Waals surface area contributed by atoms with E-state index in [-0.39, 0.29) is 0 Å². The minimum Gasteiger partial charge on any atom is -0.479 e. The lowest BCUT2D eigenvalue weighted by Crippen LogP contribution is -2.65. The second-order valence-electron chi connectivity index (χ2n) is 3.74. The van der Waals surface area contributed by atoms with Gasteiger partial charge in [0.1, 0.15) is 5.60 Å². The summed E-state index contributed by atoms with van der Waals surface area (Å²) in [6.45, 7) is 3.34. The first-order valence-electron chi connectivity index (χ1n) is 4.19. The first-order chi connectivity index (χ1) is 7.03. The predicted molar refractivity (Wildman–Crippen MR) is 50.4 cm³/mol. The van der Waals surface area contributed by atoms with Gasteiger partial charge in [0.25, 0.3) is 0 Å². The molecule has 0 radical (unpaired) electrons. The average Bonchev–Trinajstić information content (AvgIpc) is 1.99. The summed E-state index contributed by atoms with van der Waals surface area (Å²) in [5.41, 5.74) is -3.85. The highest BCUT2D eigenvalue weighted by molar-refractivity contribution is 5.85. The summed E-state index contributed by atoms with van der Waals surface area (Å²) >= 11 is 0. The third-order valence-corrected chi connectivity index (χ3v) is 2.33. The molecule has 1 atom stereocenters. The Morgan fingerprint density at radius 3 is 1.75 bits per heavy atom. The molecule has 0 bridgehead atoms. The maximum Gasteiger partial charge on any atom is 0.506 e. The molecule has 8 heteroatoms. The van der Waals surface area contributed by atoms with Crippen LogP contribution in [0.15, 0.2) is 0 Å². The number of hydrogen-bond acceptors (Lipinski definition) is 4. The van der Waals surface area contributed by atoms with E-state index in [0.29, 0.717) is 0 Å². The molecule has 0 saturated carbocycles. The fourth-order valence-corrected chi connectivity index (χ4v) is 0.996. The van der Waals surface area contributed by atoms with E-state index in [4.69, 9.17) is 15.3 Å². The highest BCUT2D eigenvalue weighted by Gasteiger charge is 2.52. The molecule has 0 aliphatic rings. The number of carboxylic acids is 1. The van der Waals surface area contributed by atoms with Crippen LogP contribution in [-0.4, -0.2) is 44.7 Å². The lowest BCUT2D eigenvalue weighted by Gasteiger charge is -2.38. The summed E-state index contributed by atoms with van der Waals surface area (Å²) in [5, 5.41) is 27.6. The van der Waals surface area contributed by atoms with Gasteiger partial charge in [0.15, 0.2) is 5.54 Å². The molecule has 0 aromatic carbocycles. The SMILES string of the molecule is CC(C)(OC(=O)O)C(C)(NC(=O)O)C(=O)O. The van der Waals surface area contributed by atoms with Crippen LogP contribution >= 0.6 is 0 Å². The van der Waals surface area contributed by atoms with Gasteiger partial charge in [-0.1, -0.05) is 0 Å². The van der Waals surface area contributed by atoms with Crippen molar-refractivity contribution in [1.82, 2.24) is 5.32 Å². The number of aliphatic carboxylic acids is 1. The quantitative estimate of drug-likeness (QED) is 0.523. The van der Waals surface area contributed by atoms with Crippen molar-refractivity contribution in [1.29, 1.82) is 0 Å². The summed E-state index contributed by atoms with van der Waals surface area (Å²) in [4.78, 5) is 31.8. The van der Waals surface area contributed by atoms with Gasteiger partial charge in [-0.3, -0.25) is 0 Å². The number of ether oxygens (including phenoxy) is 1. The Morgan fingerprint density at radius 2 is 1.50 bits per heavy atom. The lowest BCUT2D eigenvalue weighted by molar-refractivity contribution is -0.155. The van der Waals surface area contributed by atoms with Gasteiger partial charge in [0, 0.05) is 0 Å². The third kappa shape index (κ3) is 2.75. The number of amides is 1. The monoisotopic (exact) mass is 235 g/mol. The minimum absolute atomic E-state index is 1.02. The molecular weight excluding hydrogens is 222 g/mol. The molecule has 1 amide bonds. The Balaban J connectivity index is 5.25. The number of carboxylic acid groups (broad SMARTS) is 3. The van der Waals surface area contributed by atoms with Crippen LogP contribution in [0, 0.1) is 0 Å². The number of nitrogens with one attached hydrogen (secondary N) is 1. The molecule has 16 heavy (non-hydrogen) atoms. The standard InChI is InChI=1S/C8H13NO7/c1-7(2,16-6(14)15)8(3,4(10)11)9-5(12)13/h9H,1-3H3,(H,10,11)(H,12,13)(H,14,15). The summed E-state index contributed by atoms with van der Waals surface area (Å²) in [7, 11) is 0. The van der Waals surface area contributed by atoms with Crippen molar-refractivity contribution in [2.45, 2.75) is 31.9 Å². The van der Waals surface area contributed by atoms with E-state index in [1.165, 1.54) is 0 Å². The first kappa shape index (κ1) is 14.0. The molecule has 0 aromatic heterocycles. The molecule has 0 spiro atoms. The van der Waals surface area contributed by atoms with Crippen molar-refractivity contribution in [2.24, 2.45) is 0 Å². The molecule has 0 aliphatic heterocycles. The topological polar surface area (TPSA) is 133 Å². The van der Waals surface area contributed by atoms with Crippen LogP contribution in [0.4, 0.5) is 9.59 Å². The largest absolute Gasteiger partial charge is 0.506 e. The van der Waals surface area contributed by atoms with E-state index >= 15 is 0 Å². The van der Waals surface area contributed by atoms with Crippen LogP contribution < -0.4 is 5.32 Å². The van der Waals surface area contributed by atoms with Gasteiger partial charge in [-0.05, 0) is 20.8 Å². The Morgan fingerprint density at radius 1 is 1.06 bits per heavy atom. The summed E-state index contributed by atoms with van der Waals surface area (Å²) in [5.74, 6) is -1.54. The maximum atomic E-state index is 11.0. The highest BCUT2D eigenvalue weighted by Crippen LogP contribution is 2.26. The van der Waals surface area contributed by atoms with Crippen molar-refractivity contribution >= 4 is 18.2 Å². The zero-order valence-electron chi connectivity index (χ0n) is 8.97. The van der Waals surface area contributed by atoms with Crippen molar-refractivity contribution in [3.8, 4) is 0 Å².